The molecule has 0 amide bonds. The minimum atomic E-state index is -4.96. The third kappa shape index (κ3) is 4.10. The van der Waals surface area contributed by atoms with Crippen LogP contribution in [0, 0.1) is 0 Å². The van der Waals surface area contributed by atoms with Gasteiger partial charge in [0, 0.05) is 0 Å². The highest BCUT2D eigenvalue weighted by Gasteiger charge is 2.60. The van der Waals surface area contributed by atoms with E-state index in [0.717, 1.165) is 0 Å². The summed E-state index contributed by atoms with van der Waals surface area (Å²) in [6, 6.07) is 7.85. The smallest absolute Gasteiger partial charge is 0.401 e. The predicted octanol–water partition coefficient (Wildman–Crippen LogP) is 4.32. The molecule has 0 spiro atoms. The van der Waals surface area contributed by atoms with E-state index in [1.165, 1.54) is 12.1 Å². The van der Waals surface area contributed by atoms with Gasteiger partial charge in [0.1, 0.15) is 22.8 Å². The van der Waals surface area contributed by atoms with Gasteiger partial charge in [0.2, 0.25) is 0 Å². The fourth-order valence-corrected chi connectivity index (χ4v) is 2.37. The van der Waals surface area contributed by atoms with Gasteiger partial charge in [0.25, 0.3) is 0 Å². The lowest BCUT2D eigenvalue weighted by molar-refractivity contribution is -0.0928. The third-order valence-electron chi connectivity index (χ3n) is 2.00. The number of rotatable bonds is 6. The summed E-state index contributed by atoms with van der Waals surface area (Å²) in [7, 11) is -3.42. The summed E-state index contributed by atoms with van der Waals surface area (Å²) in [5, 5.41) is -9.93. The molecule has 0 N–H and O–H groups in total. The van der Waals surface area contributed by atoms with Crippen LogP contribution in [-0.4, -0.2) is 20.7 Å². The summed E-state index contributed by atoms with van der Waals surface area (Å²) in [6.45, 7) is 0. The quantitative estimate of drug-likeness (QED) is 0.434. The first-order valence-corrected chi connectivity index (χ1v) is 7.09. The SMILES string of the molecule is O=S(/C(=C/Oc1ccccc1)CCl)C(F)(F)C(F)(F)Cl. The van der Waals surface area contributed by atoms with Gasteiger partial charge < -0.3 is 4.74 Å². The molecule has 0 aliphatic heterocycles. The van der Waals surface area contributed by atoms with E-state index >= 15 is 0 Å². The lowest BCUT2D eigenvalue weighted by Gasteiger charge is -2.20. The maximum atomic E-state index is 13.1. The molecule has 2 nitrogen and oxygen atoms in total. The first-order chi connectivity index (χ1) is 9.20. The number of alkyl halides is 6. The van der Waals surface area contributed by atoms with Gasteiger partial charge in [-0.3, -0.25) is 0 Å². The molecule has 1 aromatic carbocycles. The number of allylic oxidation sites excluding steroid dienone is 1. The lowest BCUT2D eigenvalue weighted by atomic mass is 10.3. The summed E-state index contributed by atoms with van der Waals surface area (Å²) in [5.74, 6) is -0.435. The Morgan fingerprint density at radius 2 is 1.80 bits per heavy atom. The summed E-state index contributed by atoms with van der Waals surface area (Å²) < 4.78 is 67.7. The number of halogens is 6. The highest BCUT2D eigenvalue weighted by molar-refractivity contribution is 7.90. The van der Waals surface area contributed by atoms with Gasteiger partial charge in [0.15, 0.2) is 0 Å². The Kier molecular flexibility index (Phi) is 5.85. The fourth-order valence-electron chi connectivity index (χ4n) is 1.03. The van der Waals surface area contributed by atoms with Crippen LogP contribution in [0.5, 0.6) is 5.75 Å². The summed E-state index contributed by atoms with van der Waals surface area (Å²) >= 11 is 9.57. The number of hydrogen-bond acceptors (Lipinski definition) is 2. The van der Waals surface area contributed by atoms with Gasteiger partial charge in [-0.15, -0.1) is 11.6 Å². The number of ether oxygens (including phenoxy) is 1. The van der Waals surface area contributed by atoms with Crippen LogP contribution in [0.1, 0.15) is 0 Å². The van der Waals surface area contributed by atoms with Crippen molar-refractivity contribution in [3.8, 4) is 5.75 Å². The molecule has 0 saturated heterocycles. The molecule has 1 rings (SSSR count). The van der Waals surface area contributed by atoms with Crippen LogP contribution in [-0.2, 0) is 10.8 Å². The van der Waals surface area contributed by atoms with Gasteiger partial charge in [-0.05, 0) is 23.7 Å². The van der Waals surface area contributed by atoms with Gasteiger partial charge in [-0.25, -0.2) is 4.21 Å². The molecule has 112 valence electrons. The number of para-hydroxylation sites is 1. The molecule has 1 unspecified atom stereocenters. The lowest BCUT2D eigenvalue weighted by Crippen LogP contribution is -2.40. The average molecular weight is 351 g/mol. The molecule has 0 aromatic heterocycles. The molecular weight excluding hydrogens is 343 g/mol. The minimum absolute atomic E-state index is 0.244. The monoisotopic (exact) mass is 350 g/mol. The van der Waals surface area contributed by atoms with Gasteiger partial charge in [-0.2, -0.15) is 17.6 Å². The maximum Gasteiger partial charge on any atom is 0.401 e. The average Bonchev–Trinajstić information content (AvgIpc) is 2.39. The highest BCUT2D eigenvalue weighted by atomic mass is 35.5. The second-order valence-corrected chi connectivity index (χ2v) is 5.75. The van der Waals surface area contributed by atoms with Crippen molar-refractivity contribution in [2.75, 3.05) is 5.88 Å². The molecular formula is C11H8Cl2F4O2S. The van der Waals surface area contributed by atoms with E-state index in [-0.39, 0.29) is 5.75 Å². The van der Waals surface area contributed by atoms with E-state index in [9.17, 15) is 21.8 Å². The van der Waals surface area contributed by atoms with Crippen molar-refractivity contribution in [1.82, 2.24) is 0 Å². The van der Waals surface area contributed by atoms with Crippen LogP contribution in [0.2, 0.25) is 0 Å². The molecule has 0 saturated carbocycles. The van der Waals surface area contributed by atoms with Gasteiger partial charge >= 0.3 is 10.6 Å². The zero-order valence-electron chi connectivity index (χ0n) is 9.66. The molecule has 20 heavy (non-hydrogen) atoms. The molecule has 0 heterocycles. The van der Waals surface area contributed by atoms with E-state index in [0.29, 0.717) is 6.26 Å². The largest absolute Gasteiger partial charge is 0.464 e. The van der Waals surface area contributed by atoms with E-state index in [1.54, 1.807) is 18.2 Å². The Bertz CT molecular complexity index is 503. The van der Waals surface area contributed by atoms with Gasteiger partial charge in [-0.1, -0.05) is 18.2 Å². The maximum absolute atomic E-state index is 13.1. The topological polar surface area (TPSA) is 26.3 Å². The van der Waals surface area contributed by atoms with Crippen molar-refractivity contribution >= 4 is 34.0 Å². The molecule has 0 fully saturated rings. The molecule has 9 heteroatoms. The van der Waals surface area contributed by atoms with Crippen LogP contribution >= 0.6 is 23.2 Å². The first kappa shape index (κ1) is 17.3. The zero-order chi connectivity index (χ0) is 15.4. The second kappa shape index (κ2) is 6.78. The van der Waals surface area contributed by atoms with E-state index in [4.69, 9.17) is 16.3 Å². The third-order valence-corrected chi connectivity index (χ3v) is 4.24. The van der Waals surface area contributed by atoms with E-state index < -0.39 is 32.2 Å². The Morgan fingerprint density at radius 3 is 2.25 bits per heavy atom. The Labute approximate surface area is 124 Å². The number of benzene rings is 1. The summed E-state index contributed by atoms with van der Waals surface area (Å²) in [5.41, 5.74) is 0. The van der Waals surface area contributed by atoms with Crippen LogP contribution in [0.25, 0.3) is 0 Å². The highest BCUT2D eigenvalue weighted by Crippen LogP contribution is 2.42. The Balaban J connectivity index is 2.93. The number of hydrogen-bond donors (Lipinski definition) is 0. The zero-order valence-corrected chi connectivity index (χ0v) is 12.0. The second-order valence-electron chi connectivity index (χ2n) is 3.43. The fraction of sp³-hybridized carbons (Fsp3) is 0.273. The minimum Gasteiger partial charge on any atom is -0.464 e. The van der Waals surface area contributed by atoms with Crippen LogP contribution in [0.4, 0.5) is 17.6 Å². The van der Waals surface area contributed by atoms with Gasteiger partial charge in [0.05, 0.1) is 10.8 Å². The van der Waals surface area contributed by atoms with Crippen LogP contribution in [0.3, 0.4) is 0 Å². The van der Waals surface area contributed by atoms with Crippen LogP contribution < -0.4 is 4.74 Å². The molecule has 0 aliphatic rings. The molecule has 0 bridgehead atoms. The normalized spacial score (nSPS) is 15.0. The standard InChI is InChI=1S/C11H8Cl2F4O2S/c12-6-9(7-19-8-4-2-1-3-5-8)20(18)11(16,17)10(13,14)15/h1-5,7H,6H2/b9-7+. The molecule has 0 aliphatic carbocycles. The Morgan fingerprint density at radius 1 is 1.25 bits per heavy atom. The first-order valence-electron chi connectivity index (χ1n) is 5.03. The van der Waals surface area contributed by atoms with Crippen LogP contribution in [0.15, 0.2) is 41.5 Å². The van der Waals surface area contributed by atoms with Crippen molar-refractivity contribution in [3.63, 3.8) is 0 Å². The van der Waals surface area contributed by atoms with Crippen molar-refractivity contribution in [2.45, 2.75) is 10.6 Å². The predicted molar refractivity (Wildman–Crippen MR) is 69.8 cm³/mol. The van der Waals surface area contributed by atoms with Crippen molar-refractivity contribution in [3.05, 3.63) is 41.5 Å². The molecule has 1 aromatic rings. The molecule has 1 atom stereocenters. The van der Waals surface area contributed by atoms with Crippen molar-refractivity contribution in [1.29, 1.82) is 0 Å². The summed E-state index contributed by atoms with van der Waals surface area (Å²) in [6.07, 6.45) is 0.648. The van der Waals surface area contributed by atoms with E-state index in [2.05, 4.69) is 11.6 Å². The Hall–Kier alpha value is -0.790. The van der Waals surface area contributed by atoms with Crippen molar-refractivity contribution < 1.29 is 26.5 Å². The van der Waals surface area contributed by atoms with Crippen molar-refractivity contribution in [2.24, 2.45) is 0 Å². The van der Waals surface area contributed by atoms with E-state index in [1.807, 2.05) is 0 Å². The summed E-state index contributed by atoms with van der Waals surface area (Å²) in [4.78, 5) is -0.708. The molecule has 0 radical (unpaired) electrons.